The number of methoxy groups -OCH3 is 1. The zero-order valence-electron chi connectivity index (χ0n) is 14.0. The molecule has 4 heteroatoms. The summed E-state index contributed by atoms with van der Waals surface area (Å²) < 4.78 is 16.7. The van der Waals surface area contributed by atoms with Gasteiger partial charge in [0.15, 0.2) is 0 Å². The summed E-state index contributed by atoms with van der Waals surface area (Å²) in [7, 11) is 1.40. The molecule has 1 aliphatic carbocycles. The summed E-state index contributed by atoms with van der Waals surface area (Å²) in [5, 5.41) is 0. The lowest BCUT2D eigenvalue weighted by Crippen LogP contribution is -2.28. The molecule has 0 spiro atoms. The fourth-order valence-electron chi connectivity index (χ4n) is 3.06. The molecule has 0 unspecified atom stereocenters. The number of carbonyl (C=O) groups is 1. The Labute approximate surface area is 138 Å². The quantitative estimate of drug-likeness (QED) is 0.566. The number of carbonyl (C=O) groups excluding carboxylic acids is 1. The van der Waals surface area contributed by atoms with Crippen LogP contribution in [0.25, 0.3) is 0 Å². The van der Waals surface area contributed by atoms with Crippen LogP contribution in [0.5, 0.6) is 0 Å². The SMILES string of the molecule is C=CCO[C@H]1CCC[C@@H](OCc2cccc(C)c2C(=O)OC)C1. The Morgan fingerprint density at radius 3 is 2.74 bits per heavy atom. The molecule has 1 fully saturated rings. The molecule has 0 saturated heterocycles. The number of hydrogen-bond acceptors (Lipinski definition) is 4. The zero-order chi connectivity index (χ0) is 16.7. The van der Waals surface area contributed by atoms with Crippen molar-refractivity contribution in [3.8, 4) is 0 Å². The number of benzene rings is 1. The molecule has 0 aliphatic heterocycles. The van der Waals surface area contributed by atoms with Gasteiger partial charge in [0.2, 0.25) is 0 Å². The van der Waals surface area contributed by atoms with Crippen LogP contribution < -0.4 is 0 Å². The molecular weight excluding hydrogens is 292 g/mol. The lowest BCUT2D eigenvalue weighted by atomic mass is 9.94. The molecule has 1 aliphatic rings. The Bertz CT molecular complexity index is 538. The Hall–Kier alpha value is -1.65. The predicted molar refractivity (Wildman–Crippen MR) is 89.5 cm³/mol. The third-order valence-corrected chi connectivity index (χ3v) is 4.25. The third kappa shape index (κ3) is 4.91. The number of aryl methyl sites for hydroxylation is 1. The van der Waals surface area contributed by atoms with Crippen molar-refractivity contribution in [2.45, 2.75) is 51.4 Å². The maximum absolute atomic E-state index is 12.0. The molecule has 2 rings (SSSR count). The Kier molecular flexibility index (Phi) is 6.81. The van der Waals surface area contributed by atoms with Crippen LogP contribution in [-0.2, 0) is 20.8 Å². The van der Waals surface area contributed by atoms with Crippen molar-refractivity contribution in [2.24, 2.45) is 0 Å². The summed E-state index contributed by atoms with van der Waals surface area (Å²) >= 11 is 0. The Balaban J connectivity index is 1.96. The highest BCUT2D eigenvalue weighted by Crippen LogP contribution is 2.25. The van der Waals surface area contributed by atoms with E-state index in [0.717, 1.165) is 36.8 Å². The van der Waals surface area contributed by atoms with Gasteiger partial charge in [-0.2, -0.15) is 0 Å². The first-order valence-electron chi connectivity index (χ1n) is 8.16. The van der Waals surface area contributed by atoms with Crippen LogP contribution in [-0.4, -0.2) is 31.9 Å². The highest BCUT2D eigenvalue weighted by atomic mass is 16.5. The van der Waals surface area contributed by atoms with Gasteiger partial charge >= 0.3 is 5.97 Å². The molecule has 1 saturated carbocycles. The summed E-state index contributed by atoms with van der Waals surface area (Å²) in [6.45, 7) is 6.60. The van der Waals surface area contributed by atoms with E-state index in [9.17, 15) is 4.79 Å². The van der Waals surface area contributed by atoms with Gasteiger partial charge in [-0.1, -0.05) is 24.3 Å². The van der Waals surface area contributed by atoms with Crippen molar-refractivity contribution >= 4 is 5.97 Å². The van der Waals surface area contributed by atoms with Crippen LogP contribution in [0.1, 0.15) is 47.2 Å². The van der Waals surface area contributed by atoms with E-state index in [4.69, 9.17) is 14.2 Å². The number of rotatable bonds is 7. The summed E-state index contributed by atoms with van der Waals surface area (Å²) in [4.78, 5) is 12.0. The van der Waals surface area contributed by atoms with Gasteiger partial charge in [-0.15, -0.1) is 6.58 Å². The topological polar surface area (TPSA) is 44.8 Å². The summed E-state index contributed by atoms with van der Waals surface area (Å²) in [6.07, 6.45) is 6.30. The number of esters is 1. The van der Waals surface area contributed by atoms with Crippen LogP contribution >= 0.6 is 0 Å². The van der Waals surface area contributed by atoms with Gasteiger partial charge in [0, 0.05) is 0 Å². The normalized spacial score (nSPS) is 21.0. The van der Waals surface area contributed by atoms with Crippen LogP contribution in [0, 0.1) is 6.92 Å². The largest absolute Gasteiger partial charge is 0.465 e. The molecule has 1 aromatic carbocycles. The monoisotopic (exact) mass is 318 g/mol. The molecule has 0 N–H and O–H groups in total. The minimum absolute atomic E-state index is 0.171. The third-order valence-electron chi connectivity index (χ3n) is 4.25. The van der Waals surface area contributed by atoms with E-state index in [1.165, 1.54) is 7.11 Å². The van der Waals surface area contributed by atoms with Crippen molar-refractivity contribution in [3.05, 3.63) is 47.5 Å². The molecule has 2 atom stereocenters. The molecule has 4 nitrogen and oxygen atoms in total. The lowest BCUT2D eigenvalue weighted by Gasteiger charge is -2.29. The fraction of sp³-hybridized carbons (Fsp3) is 0.526. The van der Waals surface area contributed by atoms with Gasteiger partial charge in [0.05, 0.1) is 38.1 Å². The van der Waals surface area contributed by atoms with E-state index >= 15 is 0 Å². The van der Waals surface area contributed by atoms with Crippen LogP contribution in [0.2, 0.25) is 0 Å². The van der Waals surface area contributed by atoms with Gasteiger partial charge in [0.1, 0.15) is 0 Å². The molecule has 0 radical (unpaired) electrons. The lowest BCUT2D eigenvalue weighted by molar-refractivity contribution is -0.0441. The van der Waals surface area contributed by atoms with Crippen molar-refractivity contribution in [2.75, 3.05) is 13.7 Å². The van der Waals surface area contributed by atoms with Crippen LogP contribution in [0.4, 0.5) is 0 Å². The van der Waals surface area contributed by atoms with Crippen molar-refractivity contribution in [1.82, 2.24) is 0 Å². The molecule has 23 heavy (non-hydrogen) atoms. The van der Waals surface area contributed by atoms with Crippen molar-refractivity contribution in [3.63, 3.8) is 0 Å². The van der Waals surface area contributed by atoms with Crippen LogP contribution in [0.15, 0.2) is 30.9 Å². The van der Waals surface area contributed by atoms with Gasteiger partial charge in [-0.25, -0.2) is 4.79 Å². The maximum atomic E-state index is 12.0. The first-order chi connectivity index (χ1) is 11.2. The highest BCUT2D eigenvalue weighted by Gasteiger charge is 2.23. The molecule has 0 bridgehead atoms. The van der Waals surface area contributed by atoms with Gasteiger partial charge in [-0.3, -0.25) is 0 Å². The molecule has 0 amide bonds. The second kappa shape index (κ2) is 8.85. The standard InChI is InChI=1S/C19H26O4/c1-4-11-22-16-9-6-10-17(12-16)23-13-15-8-5-7-14(2)18(15)19(20)21-3/h4-5,7-8,16-17H,1,6,9-13H2,2-3H3/t16-,17+/m0/s1. The molecule has 0 heterocycles. The van der Waals surface area contributed by atoms with Crippen LogP contribution in [0.3, 0.4) is 0 Å². The predicted octanol–water partition coefficient (Wildman–Crippen LogP) is 3.81. The van der Waals surface area contributed by atoms with E-state index in [-0.39, 0.29) is 18.2 Å². The second-order valence-electron chi connectivity index (χ2n) is 5.94. The first kappa shape index (κ1) is 17.7. The average molecular weight is 318 g/mol. The minimum atomic E-state index is -0.308. The molecule has 0 aromatic heterocycles. The van der Waals surface area contributed by atoms with Crippen molar-refractivity contribution in [1.29, 1.82) is 0 Å². The van der Waals surface area contributed by atoms with Crippen molar-refractivity contribution < 1.29 is 19.0 Å². The van der Waals surface area contributed by atoms with Gasteiger partial charge in [-0.05, 0) is 43.7 Å². The molecule has 1 aromatic rings. The first-order valence-corrected chi connectivity index (χ1v) is 8.16. The summed E-state index contributed by atoms with van der Waals surface area (Å²) in [5.74, 6) is -0.308. The summed E-state index contributed by atoms with van der Waals surface area (Å²) in [6, 6.07) is 5.78. The molecule has 126 valence electrons. The van der Waals surface area contributed by atoms with E-state index < -0.39 is 0 Å². The smallest absolute Gasteiger partial charge is 0.338 e. The van der Waals surface area contributed by atoms with Gasteiger partial charge in [0.25, 0.3) is 0 Å². The molecular formula is C19H26O4. The van der Waals surface area contributed by atoms with E-state index in [0.29, 0.717) is 18.8 Å². The maximum Gasteiger partial charge on any atom is 0.338 e. The minimum Gasteiger partial charge on any atom is -0.465 e. The highest BCUT2D eigenvalue weighted by molar-refractivity contribution is 5.92. The Morgan fingerprint density at radius 2 is 2.04 bits per heavy atom. The average Bonchev–Trinajstić information content (AvgIpc) is 2.58. The summed E-state index contributed by atoms with van der Waals surface area (Å²) in [5.41, 5.74) is 2.41. The zero-order valence-corrected chi connectivity index (χ0v) is 14.0. The van der Waals surface area contributed by atoms with E-state index in [1.807, 2.05) is 25.1 Å². The fourth-order valence-corrected chi connectivity index (χ4v) is 3.06. The van der Waals surface area contributed by atoms with Gasteiger partial charge < -0.3 is 14.2 Å². The van der Waals surface area contributed by atoms with E-state index in [2.05, 4.69) is 6.58 Å². The number of ether oxygens (including phenoxy) is 3. The second-order valence-corrected chi connectivity index (χ2v) is 5.94. The van der Waals surface area contributed by atoms with E-state index in [1.54, 1.807) is 6.08 Å². The Morgan fingerprint density at radius 1 is 1.30 bits per heavy atom. The number of hydrogen-bond donors (Lipinski definition) is 0.